The van der Waals surface area contributed by atoms with Crippen molar-refractivity contribution in [3.05, 3.63) is 29.8 Å². The number of amides is 2. The van der Waals surface area contributed by atoms with Crippen LogP contribution in [0.15, 0.2) is 29.4 Å². The van der Waals surface area contributed by atoms with E-state index in [2.05, 4.69) is 15.7 Å². The van der Waals surface area contributed by atoms with Crippen LogP contribution < -0.4 is 15.6 Å². The summed E-state index contributed by atoms with van der Waals surface area (Å²) in [6.07, 6.45) is 0.967. The summed E-state index contributed by atoms with van der Waals surface area (Å²) in [7, 11) is 1.53. The van der Waals surface area contributed by atoms with Crippen molar-refractivity contribution in [1.29, 1.82) is 0 Å². The van der Waals surface area contributed by atoms with Crippen molar-refractivity contribution < 1.29 is 9.59 Å². The summed E-state index contributed by atoms with van der Waals surface area (Å²) >= 11 is 0. The quantitative estimate of drug-likeness (QED) is 0.851. The first-order valence-corrected chi connectivity index (χ1v) is 6.50. The smallest absolute Gasteiger partial charge is 0.251 e. The highest BCUT2D eigenvalue weighted by molar-refractivity contribution is 5.96. The van der Waals surface area contributed by atoms with Crippen molar-refractivity contribution in [3.8, 4) is 0 Å². The molecule has 1 aliphatic heterocycles. The fourth-order valence-corrected chi connectivity index (χ4v) is 1.90. The molecule has 106 valence electrons. The number of anilines is 1. The summed E-state index contributed by atoms with van der Waals surface area (Å²) in [6, 6.07) is 7.18. The van der Waals surface area contributed by atoms with Gasteiger partial charge in [-0.1, -0.05) is 0 Å². The molecule has 2 rings (SSSR count). The number of nitrogens with one attached hydrogen (secondary N) is 2. The summed E-state index contributed by atoms with van der Waals surface area (Å²) < 4.78 is 0. The van der Waals surface area contributed by atoms with E-state index >= 15 is 0 Å². The summed E-state index contributed by atoms with van der Waals surface area (Å²) in [6.45, 7) is 2.85. The SMILES string of the molecule is CNC(=O)CNC(=O)c1ccc(N2CCC(C)=N2)cc1. The van der Waals surface area contributed by atoms with E-state index in [-0.39, 0.29) is 18.4 Å². The molecule has 0 aliphatic carbocycles. The van der Waals surface area contributed by atoms with E-state index < -0.39 is 0 Å². The Morgan fingerprint density at radius 2 is 2.00 bits per heavy atom. The summed E-state index contributed by atoms with van der Waals surface area (Å²) in [5, 5.41) is 11.3. The number of likely N-dealkylation sites (N-methyl/N-ethyl adjacent to an activating group) is 1. The molecule has 0 aromatic heterocycles. The Hall–Kier alpha value is -2.37. The van der Waals surface area contributed by atoms with Gasteiger partial charge in [0.15, 0.2) is 0 Å². The molecule has 1 heterocycles. The third-order valence-electron chi connectivity index (χ3n) is 3.09. The molecule has 6 heteroatoms. The van der Waals surface area contributed by atoms with Crippen molar-refractivity contribution in [2.75, 3.05) is 25.1 Å². The first-order valence-electron chi connectivity index (χ1n) is 6.50. The van der Waals surface area contributed by atoms with Crippen LogP contribution in [0, 0.1) is 0 Å². The summed E-state index contributed by atoms with van der Waals surface area (Å²) in [4.78, 5) is 22.9. The van der Waals surface area contributed by atoms with E-state index in [1.807, 2.05) is 24.1 Å². The van der Waals surface area contributed by atoms with Gasteiger partial charge in [-0.15, -0.1) is 0 Å². The van der Waals surface area contributed by atoms with Crippen molar-refractivity contribution in [2.45, 2.75) is 13.3 Å². The maximum absolute atomic E-state index is 11.8. The van der Waals surface area contributed by atoms with Gasteiger partial charge in [-0.3, -0.25) is 14.6 Å². The van der Waals surface area contributed by atoms with E-state index in [1.54, 1.807) is 12.1 Å². The molecule has 0 saturated carbocycles. The van der Waals surface area contributed by atoms with Gasteiger partial charge in [0.25, 0.3) is 5.91 Å². The minimum absolute atomic E-state index is 0.0211. The molecule has 0 bridgehead atoms. The normalized spacial score (nSPS) is 13.9. The number of carbonyl (C=O) groups excluding carboxylic acids is 2. The second-order valence-electron chi connectivity index (χ2n) is 4.61. The topological polar surface area (TPSA) is 73.8 Å². The van der Waals surface area contributed by atoms with Crippen LogP contribution in [0.25, 0.3) is 0 Å². The van der Waals surface area contributed by atoms with Crippen LogP contribution in [0.4, 0.5) is 5.69 Å². The third-order valence-corrected chi connectivity index (χ3v) is 3.09. The Bertz CT molecular complexity index is 537. The Morgan fingerprint density at radius 3 is 2.55 bits per heavy atom. The minimum atomic E-state index is -0.263. The monoisotopic (exact) mass is 274 g/mol. The van der Waals surface area contributed by atoms with Crippen LogP contribution in [-0.2, 0) is 4.79 Å². The Balaban J connectivity index is 1.97. The summed E-state index contributed by atoms with van der Waals surface area (Å²) in [5.41, 5.74) is 2.60. The van der Waals surface area contributed by atoms with Crippen LogP contribution in [-0.4, -0.2) is 37.7 Å². The molecule has 0 unspecified atom stereocenters. The molecular formula is C14H18N4O2. The van der Waals surface area contributed by atoms with Crippen LogP contribution in [0.5, 0.6) is 0 Å². The predicted molar refractivity (Wildman–Crippen MR) is 77.9 cm³/mol. The van der Waals surface area contributed by atoms with Gasteiger partial charge in [0.1, 0.15) is 0 Å². The van der Waals surface area contributed by atoms with Crippen molar-refractivity contribution >= 4 is 23.2 Å². The number of hydrogen-bond acceptors (Lipinski definition) is 4. The van der Waals surface area contributed by atoms with E-state index in [4.69, 9.17) is 0 Å². The molecule has 0 spiro atoms. The first kappa shape index (κ1) is 14.0. The average molecular weight is 274 g/mol. The van der Waals surface area contributed by atoms with Gasteiger partial charge in [0.2, 0.25) is 5.91 Å². The van der Waals surface area contributed by atoms with Gasteiger partial charge >= 0.3 is 0 Å². The second-order valence-corrected chi connectivity index (χ2v) is 4.61. The van der Waals surface area contributed by atoms with Crippen LogP contribution >= 0.6 is 0 Å². The number of rotatable bonds is 4. The first-order chi connectivity index (χ1) is 9.60. The largest absolute Gasteiger partial charge is 0.358 e. The van der Waals surface area contributed by atoms with Crippen LogP contribution in [0.1, 0.15) is 23.7 Å². The molecule has 0 radical (unpaired) electrons. The van der Waals surface area contributed by atoms with Gasteiger partial charge < -0.3 is 10.6 Å². The maximum Gasteiger partial charge on any atom is 0.251 e. The second kappa shape index (κ2) is 6.18. The molecule has 0 fully saturated rings. The number of hydrazone groups is 1. The lowest BCUT2D eigenvalue weighted by atomic mass is 10.2. The Labute approximate surface area is 117 Å². The molecule has 1 aromatic carbocycles. The number of nitrogens with zero attached hydrogens (tertiary/aromatic N) is 2. The van der Waals surface area contributed by atoms with Crippen molar-refractivity contribution in [1.82, 2.24) is 10.6 Å². The highest BCUT2D eigenvalue weighted by Crippen LogP contribution is 2.19. The molecule has 0 saturated heterocycles. The molecular weight excluding hydrogens is 256 g/mol. The molecule has 6 nitrogen and oxygen atoms in total. The van der Waals surface area contributed by atoms with E-state index in [0.717, 1.165) is 24.4 Å². The average Bonchev–Trinajstić information content (AvgIpc) is 2.91. The van der Waals surface area contributed by atoms with E-state index in [1.165, 1.54) is 7.05 Å². The molecule has 1 aromatic rings. The van der Waals surface area contributed by atoms with E-state index in [9.17, 15) is 9.59 Å². The van der Waals surface area contributed by atoms with E-state index in [0.29, 0.717) is 5.56 Å². The zero-order chi connectivity index (χ0) is 14.5. The van der Waals surface area contributed by atoms with Gasteiger partial charge in [-0.05, 0) is 31.2 Å². The van der Waals surface area contributed by atoms with Crippen molar-refractivity contribution in [2.24, 2.45) is 5.10 Å². The predicted octanol–water partition coefficient (Wildman–Crippen LogP) is 0.748. The fraction of sp³-hybridized carbons (Fsp3) is 0.357. The lowest BCUT2D eigenvalue weighted by Gasteiger charge is -2.13. The fourth-order valence-electron chi connectivity index (χ4n) is 1.90. The third kappa shape index (κ3) is 3.34. The Morgan fingerprint density at radius 1 is 1.30 bits per heavy atom. The minimum Gasteiger partial charge on any atom is -0.358 e. The highest BCUT2D eigenvalue weighted by atomic mass is 16.2. The maximum atomic E-state index is 11.8. The molecule has 20 heavy (non-hydrogen) atoms. The molecule has 1 aliphatic rings. The standard InChI is InChI=1S/C14H18N4O2/c1-10-7-8-18(17-10)12-5-3-11(4-6-12)14(20)16-9-13(19)15-2/h3-6H,7-9H2,1-2H3,(H,15,19)(H,16,20). The molecule has 0 atom stereocenters. The van der Waals surface area contributed by atoms with Gasteiger partial charge in [-0.2, -0.15) is 5.10 Å². The molecule has 2 N–H and O–H groups in total. The lowest BCUT2D eigenvalue weighted by molar-refractivity contribution is -0.119. The highest BCUT2D eigenvalue weighted by Gasteiger charge is 2.13. The van der Waals surface area contributed by atoms with Gasteiger partial charge in [0, 0.05) is 31.3 Å². The summed E-state index contributed by atoms with van der Waals surface area (Å²) in [5.74, 6) is -0.488. The zero-order valence-corrected chi connectivity index (χ0v) is 11.6. The van der Waals surface area contributed by atoms with Crippen LogP contribution in [0.2, 0.25) is 0 Å². The lowest BCUT2D eigenvalue weighted by Crippen LogP contribution is -2.35. The number of carbonyl (C=O) groups is 2. The van der Waals surface area contributed by atoms with Crippen molar-refractivity contribution in [3.63, 3.8) is 0 Å². The van der Waals surface area contributed by atoms with Gasteiger partial charge in [0.05, 0.1) is 12.2 Å². The number of benzene rings is 1. The van der Waals surface area contributed by atoms with Gasteiger partial charge in [-0.25, -0.2) is 0 Å². The molecule has 2 amide bonds. The van der Waals surface area contributed by atoms with Crippen LogP contribution in [0.3, 0.4) is 0 Å². The number of hydrogen-bond donors (Lipinski definition) is 2. The Kier molecular flexibility index (Phi) is 4.34. The zero-order valence-electron chi connectivity index (χ0n) is 11.6.